The lowest BCUT2D eigenvalue weighted by molar-refractivity contribution is 0.463. The highest BCUT2D eigenvalue weighted by Crippen LogP contribution is 2.18. The highest BCUT2D eigenvalue weighted by Gasteiger charge is 2.20. The molecular formula is C12H14N2O3S. The van der Waals surface area contributed by atoms with E-state index in [9.17, 15) is 8.42 Å². The first-order valence-corrected chi connectivity index (χ1v) is 6.77. The molecule has 0 atom stereocenters. The minimum Gasteiger partial charge on any atom is -0.472 e. The monoisotopic (exact) mass is 266 g/mol. The van der Waals surface area contributed by atoms with Crippen molar-refractivity contribution < 1.29 is 12.8 Å². The zero-order chi connectivity index (χ0) is 13.2. The fourth-order valence-electron chi connectivity index (χ4n) is 1.54. The minimum atomic E-state index is -3.50. The van der Waals surface area contributed by atoms with Crippen molar-refractivity contribution in [1.82, 2.24) is 4.31 Å². The third kappa shape index (κ3) is 2.55. The number of rotatable bonds is 4. The molecule has 0 fully saturated rings. The van der Waals surface area contributed by atoms with Crippen molar-refractivity contribution in [2.45, 2.75) is 11.4 Å². The number of nitrogens with zero attached hydrogens (tertiary/aromatic N) is 1. The lowest BCUT2D eigenvalue weighted by Gasteiger charge is -2.16. The third-order valence-electron chi connectivity index (χ3n) is 2.57. The van der Waals surface area contributed by atoms with Crippen LogP contribution in [-0.2, 0) is 16.6 Å². The SMILES string of the molecule is CN(Cc1ccoc1)S(=O)(=O)c1ccc(N)cc1. The van der Waals surface area contributed by atoms with Gasteiger partial charge in [0.2, 0.25) is 10.0 Å². The van der Waals surface area contributed by atoms with Crippen molar-refractivity contribution in [3.63, 3.8) is 0 Å². The van der Waals surface area contributed by atoms with E-state index >= 15 is 0 Å². The van der Waals surface area contributed by atoms with Crippen LogP contribution in [0.2, 0.25) is 0 Å². The van der Waals surface area contributed by atoms with E-state index < -0.39 is 10.0 Å². The van der Waals surface area contributed by atoms with Crippen molar-refractivity contribution >= 4 is 15.7 Å². The van der Waals surface area contributed by atoms with Crippen LogP contribution >= 0.6 is 0 Å². The summed E-state index contributed by atoms with van der Waals surface area (Å²) in [6, 6.07) is 7.86. The summed E-state index contributed by atoms with van der Waals surface area (Å²) in [5.74, 6) is 0. The van der Waals surface area contributed by atoms with E-state index in [-0.39, 0.29) is 11.4 Å². The first-order chi connectivity index (χ1) is 8.50. The summed E-state index contributed by atoms with van der Waals surface area (Å²) in [6.07, 6.45) is 3.04. The molecule has 0 aliphatic carbocycles. The first kappa shape index (κ1) is 12.7. The van der Waals surface area contributed by atoms with Crippen LogP contribution in [0.15, 0.2) is 52.2 Å². The standard InChI is InChI=1S/C12H14N2O3S/c1-14(8-10-6-7-17-9-10)18(15,16)12-4-2-11(13)3-5-12/h2-7,9H,8,13H2,1H3. The molecule has 0 amide bonds. The smallest absolute Gasteiger partial charge is 0.243 e. The van der Waals surface area contributed by atoms with Crippen molar-refractivity contribution in [2.75, 3.05) is 12.8 Å². The maximum atomic E-state index is 12.2. The van der Waals surface area contributed by atoms with Crippen LogP contribution in [-0.4, -0.2) is 19.8 Å². The molecule has 2 aromatic rings. The molecule has 5 nitrogen and oxygen atoms in total. The summed E-state index contributed by atoms with van der Waals surface area (Å²) in [6.45, 7) is 0.267. The van der Waals surface area contributed by atoms with E-state index in [0.29, 0.717) is 5.69 Å². The number of hydrogen-bond donors (Lipinski definition) is 1. The van der Waals surface area contributed by atoms with E-state index in [4.69, 9.17) is 10.2 Å². The predicted octanol–water partition coefficient (Wildman–Crippen LogP) is 1.68. The van der Waals surface area contributed by atoms with Gasteiger partial charge >= 0.3 is 0 Å². The van der Waals surface area contributed by atoms with Crippen molar-refractivity contribution in [3.8, 4) is 0 Å². The Bertz CT molecular complexity index is 603. The number of furan rings is 1. The molecule has 0 aliphatic heterocycles. The Morgan fingerprint density at radius 1 is 1.22 bits per heavy atom. The van der Waals surface area contributed by atoms with Gasteiger partial charge in [-0.2, -0.15) is 4.31 Å². The zero-order valence-electron chi connectivity index (χ0n) is 9.91. The number of nitrogen functional groups attached to an aromatic ring is 1. The summed E-state index contributed by atoms with van der Waals surface area (Å²) in [4.78, 5) is 0.225. The van der Waals surface area contributed by atoms with Crippen LogP contribution in [0.1, 0.15) is 5.56 Å². The van der Waals surface area contributed by atoms with Gasteiger partial charge in [-0.1, -0.05) is 0 Å². The van der Waals surface area contributed by atoms with Gasteiger partial charge in [-0.25, -0.2) is 8.42 Å². The fraction of sp³-hybridized carbons (Fsp3) is 0.167. The normalized spacial score (nSPS) is 11.9. The second kappa shape index (κ2) is 4.83. The van der Waals surface area contributed by atoms with Gasteiger partial charge in [0.1, 0.15) is 0 Å². The van der Waals surface area contributed by atoms with Gasteiger partial charge in [-0.3, -0.25) is 0 Å². The lowest BCUT2D eigenvalue weighted by atomic mass is 10.3. The molecule has 96 valence electrons. The van der Waals surface area contributed by atoms with Crippen molar-refractivity contribution in [3.05, 3.63) is 48.4 Å². The molecule has 0 radical (unpaired) electrons. The van der Waals surface area contributed by atoms with Crippen LogP contribution in [0.4, 0.5) is 5.69 Å². The van der Waals surface area contributed by atoms with Gasteiger partial charge in [-0.15, -0.1) is 0 Å². The highest BCUT2D eigenvalue weighted by atomic mass is 32.2. The maximum Gasteiger partial charge on any atom is 0.243 e. The number of benzene rings is 1. The van der Waals surface area contributed by atoms with Gasteiger partial charge in [-0.05, 0) is 30.3 Å². The van der Waals surface area contributed by atoms with Gasteiger partial charge in [0.05, 0.1) is 17.4 Å². The van der Waals surface area contributed by atoms with Crippen LogP contribution in [0.5, 0.6) is 0 Å². The van der Waals surface area contributed by atoms with Crippen LogP contribution in [0.3, 0.4) is 0 Å². The molecule has 0 unspecified atom stereocenters. The molecule has 2 rings (SSSR count). The molecule has 0 bridgehead atoms. The van der Waals surface area contributed by atoms with E-state index in [1.54, 1.807) is 18.2 Å². The number of anilines is 1. The second-order valence-electron chi connectivity index (χ2n) is 3.96. The Morgan fingerprint density at radius 2 is 1.89 bits per heavy atom. The zero-order valence-corrected chi connectivity index (χ0v) is 10.7. The van der Waals surface area contributed by atoms with Crippen molar-refractivity contribution in [1.29, 1.82) is 0 Å². The maximum absolute atomic E-state index is 12.2. The van der Waals surface area contributed by atoms with Gasteiger partial charge in [0, 0.05) is 24.8 Å². The molecule has 0 saturated carbocycles. The molecule has 1 heterocycles. The lowest BCUT2D eigenvalue weighted by Crippen LogP contribution is -2.26. The van der Waals surface area contributed by atoms with E-state index in [0.717, 1.165) is 5.56 Å². The molecule has 0 saturated heterocycles. The molecular weight excluding hydrogens is 252 g/mol. The Hall–Kier alpha value is -1.79. The van der Waals surface area contributed by atoms with Crippen LogP contribution in [0.25, 0.3) is 0 Å². The number of nitrogens with two attached hydrogens (primary N) is 1. The molecule has 1 aromatic carbocycles. The number of sulfonamides is 1. The third-order valence-corrected chi connectivity index (χ3v) is 4.39. The first-order valence-electron chi connectivity index (χ1n) is 5.33. The Labute approximate surface area is 106 Å². The predicted molar refractivity (Wildman–Crippen MR) is 68.2 cm³/mol. The Kier molecular flexibility index (Phi) is 3.40. The number of hydrogen-bond acceptors (Lipinski definition) is 4. The van der Waals surface area contributed by atoms with Crippen LogP contribution < -0.4 is 5.73 Å². The van der Waals surface area contributed by atoms with Gasteiger partial charge < -0.3 is 10.2 Å². The largest absolute Gasteiger partial charge is 0.472 e. The Morgan fingerprint density at radius 3 is 2.44 bits per heavy atom. The summed E-state index contributed by atoms with van der Waals surface area (Å²) in [5, 5.41) is 0. The average molecular weight is 266 g/mol. The molecule has 0 aliphatic rings. The van der Waals surface area contributed by atoms with Gasteiger partial charge in [0.25, 0.3) is 0 Å². The minimum absolute atomic E-state index is 0.225. The average Bonchev–Trinajstić information content (AvgIpc) is 2.82. The Balaban J connectivity index is 2.22. The molecule has 2 N–H and O–H groups in total. The highest BCUT2D eigenvalue weighted by molar-refractivity contribution is 7.89. The molecule has 18 heavy (non-hydrogen) atoms. The second-order valence-corrected chi connectivity index (χ2v) is 6.01. The topological polar surface area (TPSA) is 76.5 Å². The summed E-state index contributed by atoms with van der Waals surface area (Å²) < 4.78 is 30.6. The quantitative estimate of drug-likeness (QED) is 0.854. The van der Waals surface area contributed by atoms with E-state index in [1.165, 1.54) is 36.0 Å². The molecule has 0 spiro atoms. The molecule has 6 heteroatoms. The van der Waals surface area contributed by atoms with Crippen LogP contribution in [0, 0.1) is 0 Å². The molecule has 1 aromatic heterocycles. The van der Waals surface area contributed by atoms with E-state index in [2.05, 4.69) is 0 Å². The fourth-order valence-corrected chi connectivity index (χ4v) is 2.70. The summed E-state index contributed by atoms with van der Waals surface area (Å²) in [5.41, 5.74) is 6.87. The summed E-state index contributed by atoms with van der Waals surface area (Å²) >= 11 is 0. The summed E-state index contributed by atoms with van der Waals surface area (Å²) in [7, 11) is -1.97. The van der Waals surface area contributed by atoms with Crippen molar-refractivity contribution in [2.24, 2.45) is 0 Å². The van der Waals surface area contributed by atoms with Gasteiger partial charge in [0.15, 0.2) is 0 Å². The van der Waals surface area contributed by atoms with E-state index in [1.807, 2.05) is 0 Å².